The summed E-state index contributed by atoms with van der Waals surface area (Å²) in [7, 11) is 2.69. The number of carbonyl (C=O) groups excluding carboxylic acids is 1. The summed E-state index contributed by atoms with van der Waals surface area (Å²) in [4.78, 5) is 14.1. The SMILES string of the molecule is CSCC(I)CCc1c(F)cccc1NC(=O)CC(=C1CCOCC1)c1ccc(P)cc1.Sc1ccccc1. The number of hydrogen-bond donors (Lipinski definition) is 2. The Morgan fingerprint density at radius 1 is 1.08 bits per heavy atom. The monoisotopic (exact) mass is 695 g/mol. The Hall–Kier alpha value is -1.38. The van der Waals surface area contributed by atoms with Crippen molar-refractivity contribution >= 4 is 78.7 Å². The van der Waals surface area contributed by atoms with Gasteiger partial charge in [0.2, 0.25) is 5.91 Å². The molecule has 8 heteroatoms. The molecule has 208 valence electrons. The number of carbonyl (C=O) groups is 1. The summed E-state index contributed by atoms with van der Waals surface area (Å²) in [6, 6.07) is 22.9. The van der Waals surface area contributed by atoms with Crippen LogP contribution >= 0.6 is 56.2 Å². The van der Waals surface area contributed by atoms with Gasteiger partial charge in [-0.15, -0.1) is 21.9 Å². The van der Waals surface area contributed by atoms with Crippen molar-refractivity contribution in [3.63, 3.8) is 0 Å². The van der Waals surface area contributed by atoms with Crippen LogP contribution in [0.25, 0.3) is 5.57 Å². The largest absolute Gasteiger partial charge is 0.381 e. The Morgan fingerprint density at radius 2 is 1.77 bits per heavy atom. The average molecular weight is 696 g/mol. The van der Waals surface area contributed by atoms with Crippen molar-refractivity contribution in [2.24, 2.45) is 0 Å². The number of rotatable bonds is 9. The van der Waals surface area contributed by atoms with Crippen LogP contribution in [0.1, 0.15) is 36.8 Å². The number of amides is 1. The van der Waals surface area contributed by atoms with Crippen LogP contribution in [0.4, 0.5) is 10.1 Å². The molecule has 1 aliphatic rings. The Kier molecular flexibility index (Phi) is 14.4. The van der Waals surface area contributed by atoms with Gasteiger partial charge in [0.1, 0.15) is 5.82 Å². The van der Waals surface area contributed by atoms with Crippen molar-refractivity contribution < 1.29 is 13.9 Å². The summed E-state index contributed by atoms with van der Waals surface area (Å²) in [5.74, 6) is 0.664. The molecular weight excluding hydrogens is 659 g/mol. The first kappa shape index (κ1) is 32.1. The third-order valence-electron chi connectivity index (χ3n) is 6.32. The molecule has 1 amide bonds. The van der Waals surface area contributed by atoms with Gasteiger partial charge in [-0.25, -0.2) is 4.39 Å². The first-order valence-electron chi connectivity index (χ1n) is 13.0. The summed E-state index contributed by atoms with van der Waals surface area (Å²) < 4.78 is 20.6. The Balaban J connectivity index is 0.000000520. The lowest BCUT2D eigenvalue weighted by molar-refractivity contribution is -0.115. The van der Waals surface area contributed by atoms with E-state index in [1.165, 1.54) is 11.6 Å². The molecule has 3 aromatic carbocycles. The van der Waals surface area contributed by atoms with E-state index < -0.39 is 0 Å². The lowest BCUT2D eigenvalue weighted by Gasteiger charge is -2.21. The van der Waals surface area contributed by atoms with E-state index in [1.54, 1.807) is 23.9 Å². The number of thiol groups is 1. The van der Waals surface area contributed by atoms with E-state index in [1.807, 2.05) is 42.5 Å². The molecule has 0 spiro atoms. The Morgan fingerprint density at radius 3 is 2.38 bits per heavy atom. The third-order valence-corrected chi connectivity index (χ3v) is 9.40. The van der Waals surface area contributed by atoms with Crippen molar-refractivity contribution in [2.45, 2.75) is 40.9 Å². The number of benzene rings is 3. The van der Waals surface area contributed by atoms with Gasteiger partial charge < -0.3 is 10.1 Å². The van der Waals surface area contributed by atoms with Crippen LogP contribution in [-0.4, -0.2) is 35.1 Å². The van der Waals surface area contributed by atoms with E-state index >= 15 is 0 Å². The highest BCUT2D eigenvalue weighted by atomic mass is 127. The maximum Gasteiger partial charge on any atom is 0.228 e. The number of thioether (sulfide) groups is 1. The molecule has 1 heterocycles. The van der Waals surface area contributed by atoms with Crippen molar-refractivity contribution in [2.75, 3.05) is 30.5 Å². The maximum absolute atomic E-state index is 14.6. The molecule has 0 aliphatic carbocycles. The molecule has 0 aromatic heterocycles. The molecule has 1 saturated heterocycles. The minimum absolute atomic E-state index is 0.115. The minimum atomic E-state index is -0.255. The molecule has 0 radical (unpaired) electrons. The fraction of sp³-hybridized carbons (Fsp3) is 0.323. The number of alkyl halides is 1. The standard InChI is InChI=1S/C25H30FINO2PS.C6H6S/c1-32-16-19(27)7-10-21-23(26)3-2-4-24(21)28-25(29)15-22(18-11-13-30-14-12-18)17-5-8-20(31)9-6-17;7-6-4-2-1-3-5-6/h2-6,8-9,19H,7,10-16,31H2,1H3,(H,28,29);1-5,7H. The molecule has 3 aromatic rings. The lowest BCUT2D eigenvalue weighted by atomic mass is 9.92. The fourth-order valence-electron chi connectivity index (χ4n) is 4.31. The van der Waals surface area contributed by atoms with Gasteiger partial charge in [-0.05, 0) is 72.6 Å². The number of ether oxygens (including phenoxy) is 1. The van der Waals surface area contributed by atoms with Crippen LogP contribution < -0.4 is 10.6 Å². The van der Waals surface area contributed by atoms with Crippen molar-refractivity contribution in [1.82, 2.24) is 0 Å². The number of anilines is 1. The van der Waals surface area contributed by atoms with Gasteiger partial charge >= 0.3 is 0 Å². The van der Waals surface area contributed by atoms with E-state index in [2.05, 4.69) is 68.2 Å². The highest BCUT2D eigenvalue weighted by Gasteiger charge is 2.18. The van der Waals surface area contributed by atoms with E-state index in [9.17, 15) is 9.18 Å². The highest BCUT2D eigenvalue weighted by molar-refractivity contribution is 14.1. The van der Waals surface area contributed by atoms with Crippen LogP contribution in [0.5, 0.6) is 0 Å². The topological polar surface area (TPSA) is 38.3 Å². The van der Waals surface area contributed by atoms with Crippen LogP contribution in [0.3, 0.4) is 0 Å². The first-order valence-corrected chi connectivity index (χ1v) is 16.6. The van der Waals surface area contributed by atoms with Gasteiger partial charge in [0.05, 0.1) is 19.6 Å². The van der Waals surface area contributed by atoms with Crippen LogP contribution in [0, 0.1) is 5.82 Å². The van der Waals surface area contributed by atoms with Crippen LogP contribution in [-0.2, 0) is 16.0 Å². The number of nitrogens with one attached hydrogen (secondary N) is 1. The van der Waals surface area contributed by atoms with Crippen molar-refractivity contribution in [1.29, 1.82) is 0 Å². The predicted octanol–water partition coefficient (Wildman–Crippen LogP) is 7.99. The zero-order valence-corrected chi connectivity index (χ0v) is 27.2. The second kappa shape index (κ2) is 17.4. The van der Waals surface area contributed by atoms with Gasteiger partial charge in [0, 0.05) is 25.8 Å². The molecule has 2 unspecified atom stereocenters. The van der Waals surface area contributed by atoms with Gasteiger partial charge in [0.15, 0.2) is 0 Å². The number of halogens is 2. The van der Waals surface area contributed by atoms with Gasteiger partial charge in [-0.3, -0.25) is 4.79 Å². The Bertz CT molecular complexity index is 1220. The summed E-state index contributed by atoms with van der Waals surface area (Å²) >= 11 is 8.30. The second-order valence-corrected chi connectivity index (χ2v) is 13.1. The minimum Gasteiger partial charge on any atom is -0.381 e. The molecule has 4 rings (SSSR count). The van der Waals surface area contributed by atoms with Gasteiger partial charge in [0.25, 0.3) is 0 Å². The first-order chi connectivity index (χ1) is 18.9. The molecule has 0 saturated carbocycles. The molecule has 1 N–H and O–H groups in total. The van der Waals surface area contributed by atoms with Crippen LogP contribution in [0.2, 0.25) is 0 Å². The normalized spacial score (nSPS) is 13.7. The molecule has 1 fully saturated rings. The third kappa shape index (κ3) is 11.2. The molecule has 0 bridgehead atoms. The van der Waals surface area contributed by atoms with Crippen LogP contribution in [0.15, 0.2) is 83.3 Å². The summed E-state index contributed by atoms with van der Waals surface area (Å²) in [5, 5.41) is 4.11. The highest BCUT2D eigenvalue weighted by Crippen LogP contribution is 2.30. The van der Waals surface area contributed by atoms with Crippen molar-refractivity contribution in [3.8, 4) is 0 Å². The lowest BCUT2D eigenvalue weighted by Crippen LogP contribution is -2.17. The zero-order chi connectivity index (χ0) is 28.0. The number of hydrogen-bond acceptors (Lipinski definition) is 4. The van der Waals surface area contributed by atoms with E-state index in [0.29, 0.717) is 34.8 Å². The van der Waals surface area contributed by atoms with Gasteiger partial charge in [-0.2, -0.15) is 11.8 Å². The van der Waals surface area contributed by atoms with Crippen molar-refractivity contribution in [3.05, 3.63) is 95.3 Å². The summed E-state index contributed by atoms with van der Waals surface area (Å²) in [5.41, 5.74) is 4.57. The fourth-order valence-corrected chi connectivity index (χ4v) is 6.60. The zero-order valence-electron chi connectivity index (χ0n) is 22.2. The second-order valence-electron chi connectivity index (χ2n) is 9.23. The quantitative estimate of drug-likeness (QED) is 0.103. The van der Waals surface area contributed by atoms with E-state index in [0.717, 1.165) is 46.4 Å². The molecule has 39 heavy (non-hydrogen) atoms. The molecule has 3 nitrogen and oxygen atoms in total. The average Bonchev–Trinajstić information content (AvgIpc) is 2.93. The van der Waals surface area contributed by atoms with E-state index in [4.69, 9.17) is 4.74 Å². The predicted molar refractivity (Wildman–Crippen MR) is 181 cm³/mol. The molecule has 2 atom stereocenters. The molecular formula is C31H36FINO2PS2. The summed E-state index contributed by atoms with van der Waals surface area (Å²) in [6.07, 6.45) is 5.51. The summed E-state index contributed by atoms with van der Waals surface area (Å²) in [6.45, 7) is 1.37. The smallest absolute Gasteiger partial charge is 0.228 e. The molecule has 1 aliphatic heterocycles. The van der Waals surface area contributed by atoms with E-state index in [-0.39, 0.29) is 18.1 Å². The maximum atomic E-state index is 14.6. The van der Waals surface area contributed by atoms with Gasteiger partial charge in [-0.1, -0.05) is 76.7 Å². The Labute approximate surface area is 257 Å².